The molecule has 0 aliphatic heterocycles. The fraction of sp³-hybridized carbons (Fsp3) is 0.571. The van der Waals surface area contributed by atoms with Crippen LogP contribution in [0, 0.1) is 5.92 Å². The number of nitrogens with zero attached hydrogens (tertiary/aromatic N) is 1. The number of ether oxygens (including phenoxy) is 1. The van der Waals surface area contributed by atoms with Crippen molar-refractivity contribution in [3.05, 3.63) is 23.2 Å². The van der Waals surface area contributed by atoms with Gasteiger partial charge in [-0.3, -0.25) is 0 Å². The van der Waals surface area contributed by atoms with Crippen LogP contribution in [0.25, 0.3) is 0 Å². The lowest BCUT2D eigenvalue weighted by molar-refractivity contribution is 0.196. The second-order valence-electron chi connectivity index (χ2n) is 4.58. The molecule has 0 aromatic heterocycles. The van der Waals surface area contributed by atoms with Gasteiger partial charge in [-0.25, -0.2) is 0 Å². The van der Waals surface area contributed by atoms with Crippen LogP contribution in [-0.4, -0.2) is 31.1 Å². The smallest absolute Gasteiger partial charge is 0.142 e. The summed E-state index contributed by atoms with van der Waals surface area (Å²) in [4.78, 5) is 2.39. The second kappa shape index (κ2) is 7.49. The Morgan fingerprint density at radius 3 is 2.56 bits per heavy atom. The van der Waals surface area contributed by atoms with Crippen molar-refractivity contribution in [1.82, 2.24) is 4.90 Å². The molecule has 0 amide bonds. The van der Waals surface area contributed by atoms with Crippen molar-refractivity contribution in [1.29, 1.82) is 0 Å². The minimum atomic E-state index is 0.472. The molecule has 102 valence electrons. The van der Waals surface area contributed by atoms with Crippen LogP contribution >= 0.6 is 11.6 Å². The molecular formula is C14H23ClN2O. The van der Waals surface area contributed by atoms with E-state index in [1.165, 1.54) is 0 Å². The average molecular weight is 271 g/mol. The van der Waals surface area contributed by atoms with Crippen LogP contribution < -0.4 is 10.5 Å². The van der Waals surface area contributed by atoms with Gasteiger partial charge >= 0.3 is 0 Å². The molecule has 0 radical (unpaired) electrons. The van der Waals surface area contributed by atoms with Crippen molar-refractivity contribution < 1.29 is 4.74 Å². The predicted octanol–water partition coefficient (Wildman–Crippen LogP) is 3.28. The number of benzene rings is 1. The Labute approximate surface area is 115 Å². The van der Waals surface area contributed by atoms with Crippen LogP contribution in [0.2, 0.25) is 5.02 Å². The highest BCUT2D eigenvalue weighted by atomic mass is 35.5. The van der Waals surface area contributed by atoms with E-state index < -0.39 is 0 Å². The van der Waals surface area contributed by atoms with Gasteiger partial charge in [0, 0.05) is 17.5 Å². The molecule has 4 heteroatoms. The third-order valence-corrected chi connectivity index (χ3v) is 3.19. The van der Waals surface area contributed by atoms with E-state index in [1.54, 1.807) is 12.1 Å². The first kappa shape index (κ1) is 15.1. The van der Waals surface area contributed by atoms with Crippen molar-refractivity contribution in [2.24, 2.45) is 5.92 Å². The van der Waals surface area contributed by atoms with Crippen molar-refractivity contribution in [3.8, 4) is 5.75 Å². The van der Waals surface area contributed by atoms with Crippen LogP contribution in [0.3, 0.4) is 0 Å². The monoisotopic (exact) mass is 270 g/mol. The first-order valence-electron chi connectivity index (χ1n) is 6.47. The molecule has 1 atom stereocenters. The van der Waals surface area contributed by atoms with Gasteiger partial charge in [0.05, 0.1) is 12.3 Å². The normalized spacial score (nSPS) is 12.7. The van der Waals surface area contributed by atoms with Crippen LogP contribution in [0.15, 0.2) is 18.2 Å². The van der Waals surface area contributed by atoms with Gasteiger partial charge in [-0.05, 0) is 31.3 Å². The maximum absolute atomic E-state index is 5.84. The van der Waals surface area contributed by atoms with E-state index in [2.05, 4.69) is 25.7 Å². The third kappa shape index (κ3) is 4.75. The summed E-state index contributed by atoms with van der Waals surface area (Å²) in [6, 6.07) is 5.33. The van der Waals surface area contributed by atoms with E-state index in [4.69, 9.17) is 22.1 Å². The Morgan fingerprint density at radius 1 is 1.33 bits per heavy atom. The molecule has 1 aromatic rings. The Hall–Kier alpha value is -0.930. The molecule has 0 bridgehead atoms. The molecule has 0 aliphatic rings. The minimum absolute atomic E-state index is 0.472. The van der Waals surface area contributed by atoms with E-state index in [0.29, 0.717) is 29.0 Å². The zero-order valence-electron chi connectivity index (χ0n) is 11.4. The Morgan fingerprint density at radius 2 is 2.00 bits per heavy atom. The second-order valence-corrected chi connectivity index (χ2v) is 5.02. The van der Waals surface area contributed by atoms with E-state index in [1.807, 2.05) is 6.07 Å². The summed E-state index contributed by atoms with van der Waals surface area (Å²) < 4.78 is 5.73. The highest BCUT2D eigenvalue weighted by molar-refractivity contribution is 6.30. The molecular weight excluding hydrogens is 248 g/mol. The molecule has 2 N–H and O–H groups in total. The van der Waals surface area contributed by atoms with Gasteiger partial charge in [0.2, 0.25) is 0 Å². The van der Waals surface area contributed by atoms with E-state index >= 15 is 0 Å². The molecule has 0 saturated heterocycles. The number of nitrogen functional groups attached to an aromatic ring is 1. The number of halogens is 1. The quantitative estimate of drug-likeness (QED) is 0.773. The standard InChI is InChI=1S/C14H23ClN2O/c1-4-17(5-2)9-11(3)10-18-14-7-6-12(15)8-13(14)16/h6-8,11H,4-5,9-10,16H2,1-3H3. The van der Waals surface area contributed by atoms with Gasteiger partial charge in [0.15, 0.2) is 0 Å². The van der Waals surface area contributed by atoms with Crippen molar-refractivity contribution >= 4 is 17.3 Å². The van der Waals surface area contributed by atoms with Crippen molar-refractivity contribution in [2.75, 3.05) is 32.0 Å². The third-order valence-electron chi connectivity index (χ3n) is 2.96. The van der Waals surface area contributed by atoms with Gasteiger partial charge in [-0.15, -0.1) is 0 Å². The molecule has 0 spiro atoms. The molecule has 3 nitrogen and oxygen atoms in total. The molecule has 0 saturated carbocycles. The van der Waals surface area contributed by atoms with Gasteiger partial charge in [-0.2, -0.15) is 0 Å². The first-order chi connectivity index (χ1) is 8.56. The number of anilines is 1. The Bertz CT molecular complexity index is 367. The van der Waals surface area contributed by atoms with Crippen LogP contribution in [0.4, 0.5) is 5.69 Å². The lowest BCUT2D eigenvalue weighted by atomic mass is 10.2. The van der Waals surface area contributed by atoms with Gasteiger partial charge in [-0.1, -0.05) is 32.4 Å². The molecule has 1 unspecified atom stereocenters. The Balaban J connectivity index is 2.44. The number of hydrogen-bond donors (Lipinski definition) is 1. The maximum atomic E-state index is 5.84. The molecule has 1 aromatic carbocycles. The van der Waals surface area contributed by atoms with Crippen LogP contribution in [0.1, 0.15) is 20.8 Å². The summed E-state index contributed by atoms with van der Waals surface area (Å²) >= 11 is 5.84. The van der Waals surface area contributed by atoms with Gasteiger partial charge in [0.25, 0.3) is 0 Å². The fourth-order valence-corrected chi connectivity index (χ4v) is 2.04. The van der Waals surface area contributed by atoms with Crippen molar-refractivity contribution in [3.63, 3.8) is 0 Å². The SMILES string of the molecule is CCN(CC)CC(C)COc1ccc(Cl)cc1N. The summed E-state index contributed by atoms with van der Waals surface area (Å²) in [5, 5.41) is 0.635. The highest BCUT2D eigenvalue weighted by Crippen LogP contribution is 2.25. The number of nitrogens with two attached hydrogens (primary N) is 1. The van der Waals surface area contributed by atoms with Crippen molar-refractivity contribution in [2.45, 2.75) is 20.8 Å². The number of rotatable bonds is 7. The summed E-state index contributed by atoms with van der Waals surface area (Å²) in [5.74, 6) is 1.19. The topological polar surface area (TPSA) is 38.5 Å². The van der Waals surface area contributed by atoms with Crippen LogP contribution in [-0.2, 0) is 0 Å². The zero-order valence-corrected chi connectivity index (χ0v) is 12.2. The molecule has 0 fully saturated rings. The van der Waals surface area contributed by atoms with E-state index in [9.17, 15) is 0 Å². The molecule has 0 aliphatic carbocycles. The summed E-state index contributed by atoms with van der Waals surface area (Å²) in [5.41, 5.74) is 6.44. The fourth-order valence-electron chi connectivity index (χ4n) is 1.86. The molecule has 18 heavy (non-hydrogen) atoms. The summed E-state index contributed by atoms with van der Waals surface area (Å²) in [7, 11) is 0. The lowest BCUT2D eigenvalue weighted by Gasteiger charge is -2.23. The summed E-state index contributed by atoms with van der Waals surface area (Å²) in [6.07, 6.45) is 0. The molecule has 1 rings (SSSR count). The van der Waals surface area contributed by atoms with E-state index in [-0.39, 0.29) is 0 Å². The minimum Gasteiger partial charge on any atom is -0.491 e. The van der Waals surface area contributed by atoms with Gasteiger partial charge in [0.1, 0.15) is 5.75 Å². The first-order valence-corrected chi connectivity index (χ1v) is 6.84. The summed E-state index contributed by atoms with van der Waals surface area (Å²) in [6.45, 7) is 10.4. The number of hydrogen-bond acceptors (Lipinski definition) is 3. The molecule has 0 heterocycles. The van der Waals surface area contributed by atoms with Crippen LogP contribution in [0.5, 0.6) is 5.75 Å². The predicted molar refractivity (Wildman–Crippen MR) is 78.3 cm³/mol. The lowest BCUT2D eigenvalue weighted by Crippen LogP contribution is -2.30. The average Bonchev–Trinajstić information content (AvgIpc) is 2.35. The van der Waals surface area contributed by atoms with Gasteiger partial charge < -0.3 is 15.4 Å². The maximum Gasteiger partial charge on any atom is 0.142 e. The zero-order chi connectivity index (χ0) is 13.5. The van der Waals surface area contributed by atoms with E-state index in [0.717, 1.165) is 19.6 Å². The Kier molecular flexibility index (Phi) is 6.30. The highest BCUT2D eigenvalue weighted by Gasteiger charge is 2.09. The largest absolute Gasteiger partial charge is 0.491 e.